The average Bonchev–Trinajstić information content (AvgIpc) is 1.98. The molecule has 1 radical (unpaired) electrons. The van der Waals surface area contributed by atoms with Gasteiger partial charge in [0, 0.05) is 12.8 Å². The predicted octanol–water partition coefficient (Wildman–Crippen LogP) is 3.53. The van der Waals surface area contributed by atoms with Gasteiger partial charge in [0.25, 0.3) is 5.92 Å². The summed E-state index contributed by atoms with van der Waals surface area (Å²) in [5.74, 6) is -3.76. The minimum Gasteiger partial charge on any atom is -0.241 e. The molecule has 0 bridgehead atoms. The van der Waals surface area contributed by atoms with Crippen LogP contribution in [0.15, 0.2) is 0 Å². The fourth-order valence-corrected chi connectivity index (χ4v) is 0.658. The van der Waals surface area contributed by atoms with E-state index in [1.807, 2.05) is 0 Å². The van der Waals surface area contributed by atoms with Crippen LogP contribution in [0.25, 0.3) is 0 Å². The predicted molar refractivity (Wildman–Crippen MR) is 35.1 cm³/mol. The van der Waals surface area contributed by atoms with Crippen LogP contribution in [0, 0.1) is 6.92 Å². The zero-order chi connectivity index (χ0) is 10.7. The molecule has 0 amide bonds. The summed E-state index contributed by atoms with van der Waals surface area (Å²) >= 11 is 0. The van der Waals surface area contributed by atoms with Gasteiger partial charge in [0.2, 0.25) is 0 Å². The van der Waals surface area contributed by atoms with Crippen molar-refractivity contribution in [3.63, 3.8) is 0 Å². The summed E-state index contributed by atoms with van der Waals surface area (Å²) < 4.78 is 71.5. The molecule has 0 unspecified atom stereocenters. The Morgan fingerprint density at radius 3 is 1.85 bits per heavy atom. The van der Waals surface area contributed by atoms with Gasteiger partial charge < -0.3 is 0 Å². The molecule has 0 aromatic carbocycles. The van der Waals surface area contributed by atoms with Gasteiger partial charge in [-0.05, 0) is 13.3 Å². The van der Waals surface area contributed by atoms with E-state index in [2.05, 4.69) is 6.92 Å². The minimum atomic E-state index is -4.60. The van der Waals surface area contributed by atoms with Crippen molar-refractivity contribution < 1.29 is 26.3 Å². The highest BCUT2D eigenvalue weighted by atomic mass is 19.4. The van der Waals surface area contributed by atoms with Gasteiger partial charge in [-0.2, -0.15) is 13.2 Å². The standard InChI is InChI=1S/C7H9F6/c1-2-6(9,10)5(8)3-4-7(11,12)13/h5H,1-4H2/t5-/m0/s1. The maximum absolute atomic E-state index is 12.4. The second-order valence-corrected chi connectivity index (χ2v) is 2.63. The molecule has 0 rings (SSSR count). The molecule has 0 nitrogen and oxygen atoms in total. The third kappa shape index (κ3) is 5.00. The molecule has 0 aliphatic heterocycles. The van der Waals surface area contributed by atoms with Gasteiger partial charge in [0.05, 0.1) is 0 Å². The van der Waals surface area contributed by atoms with E-state index in [0.717, 1.165) is 0 Å². The van der Waals surface area contributed by atoms with Crippen LogP contribution in [-0.4, -0.2) is 18.3 Å². The van der Waals surface area contributed by atoms with E-state index >= 15 is 0 Å². The topological polar surface area (TPSA) is 0 Å². The lowest BCUT2D eigenvalue weighted by molar-refractivity contribution is -0.148. The highest BCUT2D eigenvalue weighted by Gasteiger charge is 2.40. The minimum absolute atomic E-state index is 1.04. The van der Waals surface area contributed by atoms with Crippen molar-refractivity contribution in [1.29, 1.82) is 0 Å². The molecule has 1 atom stereocenters. The lowest BCUT2D eigenvalue weighted by Gasteiger charge is -2.19. The fourth-order valence-electron chi connectivity index (χ4n) is 0.658. The number of hydrogen-bond acceptors (Lipinski definition) is 0. The van der Waals surface area contributed by atoms with Crippen molar-refractivity contribution >= 4 is 0 Å². The van der Waals surface area contributed by atoms with E-state index < -0.39 is 37.5 Å². The monoisotopic (exact) mass is 207 g/mol. The van der Waals surface area contributed by atoms with Crippen molar-refractivity contribution in [2.24, 2.45) is 0 Å². The second kappa shape index (κ2) is 4.19. The first-order valence-electron chi connectivity index (χ1n) is 3.57. The number of hydrogen-bond donors (Lipinski definition) is 0. The highest BCUT2D eigenvalue weighted by Crippen LogP contribution is 2.31. The number of rotatable bonds is 4. The Morgan fingerprint density at radius 2 is 1.54 bits per heavy atom. The summed E-state index contributed by atoms with van der Waals surface area (Å²) in [6.45, 7) is 2.75. The van der Waals surface area contributed by atoms with Crippen molar-refractivity contribution in [1.82, 2.24) is 0 Å². The van der Waals surface area contributed by atoms with Crippen LogP contribution in [0.1, 0.15) is 19.3 Å². The zero-order valence-electron chi connectivity index (χ0n) is 6.67. The van der Waals surface area contributed by atoms with E-state index in [0.29, 0.717) is 0 Å². The van der Waals surface area contributed by atoms with Crippen LogP contribution in [0.2, 0.25) is 0 Å². The van der Waals surface area contributed by atoms with Gasteiger partial charge in [0.1, 0.15) is 0 Å². The van der Waals surface area contributed by atoms with Gasteiger partial charge in [-0.25, -0.2) is 13.2 Å². The molecule has 0 saturated carbocycles. The molecule has 0 aromatic rings. The van der Waals surface area contributed by atoms with Crippen molar-refractivity contribution in [3.8, 4) is 0 Å². The second-order valence-electron chi connectivity index (χ2n) is 2.63. The molecular weight excluding hydrogens is 198 g/mol. The summed E-state index contributed by atoms with van der Waals surface area (Å²) in [4.78, 5) is 0. The highest BCUT2D eigenvalue weighted by molar-refractivity contribution is 4.78. The van der Waals surface area contributed by atoms with Crippen LogP contribution >= 0.6 is 0 Å². The molecule has 0 aliphatic carbocycles. The van der Waals surface area contributed by atoms with E-state index in [1.165, 1.54) is 0 Å². The number of alkyl halides is 6. The molecule has 0 aromatic heterocycles. The third-order valence-corrected chi connectivity index (χ3v) is 1.47. The van der Waals surface area contributed by atoms with E-state index in [4.69, 9.17) is 0 Å². The summed E-state index contributed by atoms with van der Waals surface area (Å²) in [6.07, 6.45) is -11.2. The Kier molecular flexibility index (Phi) is 4.06. The first kappa shape index (κ1) is 12.6. The first-order chi connectivity index (χ1) is 5.69. The molecule has 0 aliphatic rings. The van der Waals surface area contributed by atoms with Gasteiger partial charge >= 0.3 is 6.18 Å². The summed E-state index contributed by atoms with van der Waals surface area (Å²) in [5, 5.41) is 0. The molecule has 13 heavy (non-hydrogen) atoms. The Balaban J connectivity index is 3.95. The fraction of sp³-hybridized carbons (Fsp3) is 0.857. The van der Waals surface area contributed by atoms with Crippen molar-refractivity contribution in [2.45, 2.75) is 37.5 Å². The normalized spacial score (nSPS) is 15.9. The van der Waals surface area contributed by atoms with Crippen LogP contribution in [0.3, 0.4) is 0 Å². The molecular formula is C7H9F6. The van der Waals surface area contributed by atoms with Crippen LogP contribution in [-0.2, 0) is 0 Å². The molecule has 6 heteroatoms. The molecule has 0 N–H and O–H groups in total. The lowest BCUT2D eigenvalue weighted by Crippen LogP contribution is -2.30. The molecule has 0 fully saturated rings. The zero-order valence-corrected chi connectivity index (χ0v) is 6.67. The molecule has 0 saturated heterocycles. The maximum Gasteiger partial charge on any atom is 0.389 e. The molecule has 79 valence electrons. The van der Waals surface area contributed by atoms with Gasteiger partial charge in [-0.15, -0.1) is 0 Å². The number of halogens is 6. The van der Waals surface area contributed by atoms with Crippen LogP contribution in [0.4, 0.5) is 26.3 Å². The van der Waals surface area contributed by atoms with Crippen LogP contribution < -0.4 is 0 Å². The smallest absolute Gasteiger partial charge is 0.241 e. The Morgan fingerprint density at radius 1 is 1.08 bits per heavy atom. The van der Waals surface area contributed by atoms with Crippen LogP contribution in [0.5, 0.6) is 0 Å². The average molecular weight is 207 g/mol. The Bertz CT molecular complexity index is 150. The lowest BCUT2D eigenvalue weighted by atomic mass is 10.1. The van der Waals surface area contributed by atoms with E-state index in [9.17, 15) is 26.3 Å². The SMILES string of the molecule is [CH2]CC(F)(F)[C@@H](F)CCC(F)(F)F. The van der Waals surface area contributed by atoms with E-state index in [1.54, 1.807) is 0 Å². The van der Waals surface area contributed by atoms with Crippen molar-refractivity contribution in [2.75, 3.05) is 0 Å². The molecule has 0 spiro atoms. The van der Waals surface area contributed by atoms with E-state index in [-0.39, 0.29) is 0 Å². The van der Waals surface area contributed by atoms with Gasteiger partial charge in [-0.3, -0.25) is 0 Å². The summed E-state index contributed by atoms with van der Waals surface area (Å²) in [5.41, 5.74) is 0. The summed E-state index contributed by atoms with van der Waals surface area (Å²) in [6, 6.07) is 0. The third-order valence-electron chi connectivity index (χ3n) is 1.47. The quantitative estimate of drug-likeness (QED) is 0.618. The van der Waals surface area contributed by atoms with Gasteiger partial charge in [0.15, 0.2) is 6.17 Å². The largest absolute Gasteiger partial charge is 0.389 e. The maximum atomic E-state index is 12.4. The first-order valence-corrected chi connectivity index (χ1v) is 3.57. The Labute approximate surface area is 71.9 Å². The van der Waals surface area contributed by atoms with Crippen molar-refractivity contribution in [3.05, 3.63) is 6.92 Å². The summed E-state index contributed by atoms with van der Waals surface area (Å²) in [7, 11) is 0. The van der Waals surface area contributed by atoms with Gasteiger partial charge in [-0.1, -0.05) is 0 Å². The molecule has 0 heterocycles. The Hall–Kier alpha value is -0.420.